The van der Waals surface area contributed by atoms with Crippen LogP contribution >= 0.6 is 0 Å². The summed E-state index contributed by atoms with van der Waals surface area (Å²) >= 11 is 0. The molecule has 266 valence electrons. The summed E-state index contributed by atoms with van der Waals surface area (Å²) in [6, 6.07) is 76.7. The van der Waals surface area contributed by atoms with Gasteiger partial charge >= 0.3 is 0 Å². The molecule has 0 spiro atoms. The van der Waals surface area contributed by atoms with E-state index in [-0.39, 0.29) is 0 Å². The molecule has 57 heavy (non-hydrogen) atoms. The van der Waals surface area contributed by atoms with Crippen molar-refractivity contribution in [1.29, 1.82) is 0 Å². The summed E-state index contributed by atoms with van der Waals surface area (Å²) in [5, 5.41) is 10.2. The lowest BCUT2D eigenvalue weighted by molar-refractivity contribution is 1.08. The van der Waals surface area contributed by atoms with Gasteiger partial charge in [0.25, 0.3) is 0 Å². The van der Waals surface area contributed by atoms with Crippen LogP contribution in [0.5, 0.6) is 0 Å². The predicted octanol–water partition coefficient (Wildman–Crippen LogP) is 10.2. The Hall–Kier alpha value is -7.27. The molecule has 1 aromatic heterocycles. The molecule has 10 aromatic rings. The van der Waals surface area contributed by atoms with E-state index in [2.05, 4.69) is 176 Å². The van der Waals surface area contributed by atoms with Crippen LogP contribution in [0.1, 0.15) is 0 Å². The molecule has 0 bridgehead atoms. The van der Waals surface area contributed by atoms with Crippen LogP contribution in [0.25, 0.3) is 78.0 Å². The van der Waals surface area contributed by atoms with Gasteiger partial charge in [-0.15, -0.1) is 0 Å². The maximum Gasteiger partial charge on any atom is 0.181 e. The van der Waals surface area contributed by atoms with Crippen molar-refractivity contribution in [2.75, 3.05) is 0 Å². The number of rotatable bonds is 6. The largest absolute Gasteiger partial charge is 0.208 e. The third-order valence-corrected chi connectivity index (χ3v) is 16.5. The molecule has 1 aliphatic heterocycles. The van der Waals surface area contributed by atoms with Crippen LogP contribution in [0, 0.1) is 0 Å². The molecule has 2 heterocycles. The Morgan fingerprint density at radius 1 is 0.281 bits per heavy atom. The molecule has 0 amide bonds. The topological polar surface area (TPSA) is 38.7 Å². The maximum absolute atomic E-state index is 5.27. The molecule has 11 rings (SSSR count). The number of aromatic nitrogens is 3. The first-order valence-corrected chi connectivity index (χ1v) is 21.5. The van der Waals surface area contributed by atoms with Crippen molar-refractivity contribution in [3.05, 3.63) is 212 Å². The van der Waals surface area contributed by atoms with Gasteiger partial charge in [-0.3, -0.25) is 0 Å². The molecule has 0 unspecified atom stereocenters. The average molecular weight is 742 g/mol. The van der Waals surface area contributed by atoms with Gasteiger partial charge in [0, 0.05) is 16.7 Å². The first-order chi connectivity index (χ1) is 28.3. The molecular weight excluding hydrogens is 707 g/mol. The highest BCUT2D eigenvalue weighted by Gasteiger charge is 2.50. The van der Waals surface area contributed by atoms with Gasteiger partial charge in [-0.05, 0) is 64.5 Å². The number of benzene rings is 9. The standard InChI is InChI=1S/C53H35N3Si/c1-5-20-36(21-6-1)51-54-52(37-22-7-2-8-23-37)56-53(55-51)49-43-31-15-13-29-41(43)48(42-30-14-16-32-44(42)49)46-34-19-33-45-40-28-17-18-35-47(40)57(50(45)46,38-24-9-3-10-25-38)39-26-11-4-12-27-39/h1-35H. The first kappa shape index (κ1) is 33.1. The minimum Gasteiger partial charge on any atom is -0.208 e. The summed E-state index contributed by atoms with van der Waals surface area (Å²) in [7, 11) is -2.83. The SMILES string of the molecule is c1ccc(-c2nc(-c3ccccc3)nc(-c3c4ccccc4c(-c4cccc5c4[Si](c4ccccc4)(c4ccccc4)c4ccccc4-5)c4ccccc34)n2)cc1. The Balaban J connectivity index is 1.26. The fraction of sp³-hybridized carbons (Fsp3) is 0. The van der Waals surface area contributed by atoms with Crippen LogP contribution in [0.15, 0.2) is 212 Å². The van der Waals surface area contributed by atoms with Crippen LogP contribution in [-0.4, -0.2) is 23.0 Å². The summed E-state index contributed by atoms with van der Waals surface area (Å²) < 4.78 is 0. The lowest BCUT2D eigenvalue weighted by Gasteiger charge is -2.33. The van der Waals surface area contributed by atoms with Crippen molar-refractivity contribution in [2.24, 2.45) is 0 Å². The lowest BCUT2D eigenvalue weighted by atomic mass is 9.87. The van der Waals surface area contributed by atoms with Gasteiger partial charge in [-0.2, -0.15) is 0 Å². The molecule has 0 saturated heterocycles. The van der Waals surface area contributed by atoms with E-state index in [4.69, 9.17) is 15.0 Å². The van der Waals surface area contributed by atoms with Gasteiger partial charge in [-0.1, -0.05) is 212 Å². The molecular formula is C53H35N3Si. The molecule has 0 fully saturated rings. The van der Waals surface area contributed by atoms with Crippen molar-refractivity contribution < 1.29 is 0 Å². The fourth-order valence-electron chi connectivity index (χ4n) is 9.29. The average Bonchev–Trinajstić information content (AvgIpc) is 3.61. The van der Waals surface area contributed by atoms with Crippen LogP contribution in [0.2, 0.25) is 0 Å². The zero-order chi connectivity index (χ0) is 37.8. The van der Waals surface area contributed by atoms with Crippen LogP contribution in [-0.2, 0) is 0 Å². The van der Waals surface area contributed by atoms with E-state index < -0.39 is 8.07 Å². The van der Waals surface area contributed by atoms with Gasteiger partial charge in [-0.25, -0.2) is 15.0 Å². The monoisotopic (exact) mass is 741 g/mol. The van der Waals surface area contributed by atoms with Crippen LogP contribution in [0.3, 0.4) is 0 Å². The van der Waals surface area contributed by atoms with Gasteiger partial charge in [0.15, 0.2) is 25.5 Å². The summed E-state index contributed by atoms with van der Waals surface area (Å²) in [6.45, 7) is 0. The predicted molar refractivity (Wildman–Crippen MR) is 239 cm³/mol. The van der Waals surface area contributed by atoms with Gasteiger partial charge in [0.2, 0.25) is 0 Å². The normalized spacial score (nSPS) is 12.7. The summed E-state index contributed by atoms with van der Waals surface area (Å²) in [5.41, 5.74) is 8.05. The van der Waals surface area contributed by atoms with Crippen molar-refractivity contribution in [3.63, 3.8) is 0 Å². The van der Waals surface area contributed by atoms with Crippen molar-refractivity contribution >= 4 is 50.4 Å². The minimum absolute atomic E-state index is 0.650. The second-order valence-electron chi connectivity index (χ2n) is 14.6. The summed E-state index contributed by atoms with van der Waals surface area (Å²) in [6.07, 6.45) is 0. The minimum atomic E-state index is -2.83. The van der Waals surface area contributed by atoms with Crippen LogP contribution < -0.4 is 20.7 Å². The fourth-order valence-corrected chi connectivity index (χ4v) is 14.7. The highest BCUT2D eigenvalue weighted by Crippen LogP contribution is 2.45. The van der Waals surface area contributed by atoms with E-state index in [0.29, 0.717) is 17.5 Å². The van der Waals surface area contributed by atoms with Gasteiger partial charge in [0.1, 0.15) is 0 Å². The van der Waals surface area contributed by atoms with Crippen LogP contribution in [0.4, 0.5) is 0 Å². The maximum atomic E-state index is 5.27. The molecule has 0 aliphatic carbocycles. The molecule has 3 nitrogen and oxygen atoms in total. The molecule has 9 aromatic carbocycles. The van der Waals surface area contributed by atoms with E-state index in [1.807, 2.05) is 36.4 Å². The Bertz CT molecular complexity index is 2960. The van der Waals surface area contributed by atoms with Crippen molar-refractivity contribution in [1.82, 2.24) is 15.0 Å². The number of hydrogen-bond acceptors (Lipinski definition) is 3. The van der Waals surface area contributed by atoms with E-state index >= 15 is 0 Å². The van der Waals surface area contributed by atoms with E-state index in [1.165, 1.54) is 53.8 Å². The highest BCUT2D eigenvalue weighted by molar-refractivity contribution is 7.22. The van der Waals surface area contributed by atoms with E-state index in [0.717, 1.165) is 27.5 Å². The zero-order valence-corrected chi connectivity index (χ0v) is 32.0. The Morgan fingerprint density at radius 3 is 1.19 bits per heavy atom. The first-order valence-electron chi connectivity index (χ1n) is 19.5. The number of nitrogens with zero attached hydrogens (tertiary/aromatic N) is 3. The van der Waals surface area contributed by atoms with Crippen molar-refractivity contribution in [2.45, 2.75) is 0 Å². The molecule has 0 saturated carbocycles. The quantitative estimate of drug-likeness (QED) is 0.126. The third-order valence-electron chi connectivity index (χ3n) is 11.6. The van der Waals surface area contributed by atoms with E-state index in [9.17, 15) is 0 Å². The summed E-state index contributed by atoms with van der Waals surface area (Å²) in [4.78, 5) is 15.6. The third kappa shape index (κ3) is 5.15. The summed E-state index contributed by atoms with van der Waals surface area (Å²) in [5.74, 6) is 1.96. The molecule has 4 heteroatoms. The molecule has 0 N–H and O–H groups in total. The number of hydrogen-bond donors (Lipinski definition) is 0. The zero-order valence-electron chi connectivity index (χ0n) is 31.0. The second kappa shape index (κ2) is 13.5. The smallest absolute Gasteiger partial charge is 0.181 e. The molecule has 0 atom stereocenters. The van der Waals surface area contributed by atoms with E-state index in [1.54, 1.807) is 0 Å². The lowest BCUT2D eigenvalue weighted by Crippen LogP contribution is -2.73. The number of fused-ring (bicyclic) bond motifs is 5. The van der Waals surface area contributed by atoms with Gasteiger partial charge in [0.05, 0.1) is 0 Å². The Morgan fingerprint density at radius 2 is 0.667 bits per heavy atom. The second-order valence-corrected chi connectivity index (χ2v) is 18.3. The Kier molecular flexibility index (Phi) is 7.83. The molecule has 0 radical (unpaired) electrons. The molecule has 1 aliphatic rings. The highest BCUT2D eigenvalue weighted by atomic mass is 28.3. The van der Waals surface area contributed by atoms with Gasteiger partial charge < -0.3 is 0 Å². The Labute approximate surface area is 332 Å². The van der Waals surface area contributed by atoms with Crippen molar-refractivity contribution in [3.8, 4) is 56.4 Å².